The van der Waals surface area contributed by atoms with Crippen LogP contribution in [0.4, 0.5) is 0 Å². The lowest BCUT2D eigenvalue weighted by Gasteiger charge is -2.32. The molecule has 1 unspecified atom stereocenters. The number of benzene rings is 1. The number of rotatable bonds is 3. The van der Waals surface area contributed by atoms with Gasteiger partial charge in [-0.1, -0.05) is 48.6 Å². The van der Waals surface area contributed by atoms with Gasteiger partial charge < -0.3 is 9.47 Å². The molecule has 0 N–H and O–H groups in total. The Balaban J connectivity index is 2.43. The molecule has 0 fully saturated rings. The van der Waals surface area contributed by atoms with Crippen molar-refractivity contribution in [3.63, 3.8) is 0 Å². The van der Waals surface area contributed by atoms with Crippen molar-refractivity contribution in [3.8, 4) is 12.5 Å². The van der Waals surface area contributed by atoms with Crippen molar-refractivity contribution in [1.29, 1.82) is 10.5 Å². The topological polar surface area (TPSA) is 66.0 Å². The van der Waals surface area contributed by atoms with E-state index >= 15 is 0 Å². The van der Waals surface area contributed by atoms with E-state index in [-0.39, 0.29) is 5.92 Å². The molecule has 1 aromatic carbocycles. The molecule has 0 heterocycles. The Morgan fingerprint density at radius 2 is 1.67 bits per heavy atom. The van der Waals surface area contributed by atoms with Crippen LogP contribution in [0, 0.1) is 23.0 Å². The SMILES string of the molecule is N#COC1(OC#N)C=CC=CC1c1ccccc1. The number of hydrogen-bond donors (Lipinski definition) is 0. The third-order valence-electron chi connectivity index (χ3n) is 2.75. The van der Waals surface area contributed by atoms with E-state index in [0.29, 0.717) is 0 Å². The summed E-state index contributed by atoms with van der Waals surface area (Å²) in [4.78, 5) is 0. The highest BCUT2D eigenvalue weighted by Crippen LogP contribution is 2.37. The van der Waals surface area contributed by atoms with Gasteiger partial charge in [-0.05, 0) is 5.56 Å². The van der Waals surface area contributed by atoms with Crippen molar-refractivity contribution >= 4 is 0 Å². The van der Waals surface area contributed by atoms with Gasteiger partial charge in [0.25, 0.3) is 12.5 Å². The second-order valence-electron chi connectivity index (χ2n) is 3.74. The average Bonchev–Trinajstić information content (AvgIpc) is 2.41. The Bertz CT molecular complexity index is 533. The summed E-state index contributed by atoms with van der Waals surface area (Å²) < 4.78 is 10.0. The Hall–Kier alpha value is -2.72. The van der Waals surface area contributed by atoms with Gasteiger partial charge in [-0.15, -0.1) is 0 Å². The van der Waals surface area contributed by atoms with E-state index in [9.17, 15) is 0 Å². The Kier molecular flexibility index (Phi) is 3.31. The molecule has 88 valence electrons. The first kappa shape index (κ1) is 11.8. The second-order valence-corrected chi connectivity index (χ2v) is 3.74. The van der Waals surface area contributed by atoms with Gasteiger partial charge in [0.15, 0.2) is 0 Å². The van der Waals surface area contributed by atoms with Crippen molar-refractivity contribution in [2.24, 2.45) is 0 Å². The van der Waals surface area contributed by atoms with Gasteiger partial charge >= 0.3 is 5.79 Å². The molecule has 0 bridgehead atoms. The van der Waals surface area contributed by atoms with Gasteiger partial charge in [0.05, 0.1) is 5.92 Å². The van der Waals surface area contributed by atoms with Crippen LogP contribution in [0.1, 0.15) is 11.5 Å². The van der Waals surface area contributed by atoms with Crippen LogP contribution in [0.2, 0.25) is 0 Å². The highest BCUT2D eigenvalue weighted by atomic mass is 16.7. The van der Waals surface area contributed by atoms with E-state index in [1.165, 1.54) is 0 Å². The molecule has 1 atom stereocenters. The van der Waals surface area contributed by atoms with Crippen LogP contribution in [0.15, 0.2) is 54.6 Å². The lowest BCUT2D eigenvalue weighted by molar-refractivity contribution is -0.128. The molecule has 1 aliphatic carbocycles. The zero-order valence-electron chi connectivity index (χ0n) is 9.48. The monoisotopic (exact) mass is 238 g/mol. The van der Waals surface area contributed by atoms with Crippen molar-refractivity contribution in [3.05, 3.63) is 60.2 Å². The maximum atomic E-state index is 8.76. The lowest BCUT2D eigenvalue weighted by atomic mass is 9.87. The molecule has 2 rings (SSSR count). The number of nitriles is 2. The summed E-state index contributed by atoms with van der Waals surface area (Å²) in [5, 5.41) is 17.5. The first-order valence-electron chi connectivity index (χ1n) is 5.37. The molecule has 4 nitrogen and oxygen atoms in total. The van der Waals surface area contributed by atoms with Crippen molar-refractivity contribution in [1.82, 2.24) is 0 Å². The summed E-state index contributed by atoms with van der Waals surface area (Å²) in [5.41, 5.74) is 0.906. The summed E-state index contributed by atoms with van der Waals surface area (Å²) in [7, 11) is 0. The predicted molar refractivity (Wildman–Crippen MR) is 63.6 cm³/mol. The fourth-order valence-electron chi connectivity index (χ4n) is 1.97. The third-order valence-corrected chi connectivity index (χ3v) is 2.75. The molecular weight excluding hydrogens is 228 g/mol. The maximum absolute atomic E-state index is 8.76. The Morgan fingerprint density at radius 3 is 2.28 bits per heavy atom. The molecule has 1 aliphatic rings. The highest BCUT2D eigenvalue weighted by molar-refractivity contribution is 5.34. The predicted octanol–water partition coefficient (Wildman–Crippen LogP) is 2.59. The van der Waals surface area contributed by atoms with E-state index < -0.39 is 5.79 Å². The van der Waals surface area contributed by atoms with Gasteiger partial charge in [0, 0.05) is 6.08 Å². The molecule has 0 aliphatic heterocycles. The van der Waals surface area contributed by atoms with Gasteiger partial charge in [0.2, 0.25) is 0 Å². The van der Waals surface area contributed by atoms with Gasteiger partial charge in [-0.25, -0.2) is 0 Å². The van der Waals surface area contributed by atoms with Gasteiger partial charge in [-0.2, -0.15) is 10.5 Å². The normalized spacial score (nSPS) is 19.6. The molecule has 0 aromatic heterocycles. The van der Waals surface area contributed by atoms with Gasteiger partial charge in [0.1, 0.15) is 0 Å². The van der Waals surface area contributed by atoms with E-state index in [1.54, 1.807) is 24.7 Å². The Labute approximate surface area is 105 Å². The molecule has 0 saturated carbocycles. The number of hydrogen-bond acceptors (Lipinski definition) is 4. The number of allylic oxidation sites excluding steroid dienone is 2. The third kappa shape index (κ3) is 2.05. The van der Waals surface area contributed by atoms with Crippen LogP contribution in [0.5, 0.6) is 0 Å². The van der Waals surface area contributed by atoms with Crippen molar-refractivity contribution in [2.45, 2.75) is 11.7 Å². The van der Waals surface area contributed by atoms with Crippen LogP contribution in [0.25, 0.3) is 0 Å². The minimum atomic E-state index is -1.39. The summed E-state index contributed by atoms with van der Waals surface area (Å²) in [6.07, 6.45) is 10.1. The molecule has 0 spiro atoms. The van der Waals surface area contributed by atoms with Crippen molar-refractivity contribution < 1.29 is 9.47 Å². The molecule has 0 radical (unpaired) electrons. The average molecular weight is 238 g/mol. The smallest absolute Gasteiger partial charge is 0.305 e. The van der Waals surface area contributed by atoms with Crippen LogP contribution < -0.4 is 0 Å². The molecule has 0 amide bonds. The summed E-state index contributed by atoms with van der Waals surface area (Å²) in [6.45, 7) is 0. The highest BCUT2D eigenvalue weighted by Gasteiger charge is 2.42. The molecular formula is C14H10N2O2. The van der Waals surface area contributed by atoms with E-state index in [4.69, 9.17) is 20.0 Å². The molecule has 0 saturated heterocycles. The molecule has 18 heavy (non-hydrogen) atoms. The van der Waals surface area contributed by atoms with Crippen LogP contribution >= 0.6 is 0 Å². The van der Waals surface area contributed by atoms with Gasteiger partial charge in [-0.3, -0.25) is 0 Å². The van der Waals surface area contributed by atoms with E-state index in [0.717, 1.165) is 5.56 Å². The first-order valence-corrected chi connectivity index (χ1v) is 5.37. The quantitative estimate of drug-likeness (QED) is 0.599. The van der Waals surface area contributed by atoms with Crippen LogP contribution in [-0.2, 0) is 9.47 Å². The minimum absolute atomic E-state index is 0.344. The fourth-order valence-corrected chi connectivity index (χ4v) is 1.97. The van der Waals surface area contributed by atoms with Crippen LogP contribution in [0.3, 0.4) is 0 Å². The zero-order valence-corrected chi connectivity index (χ0v) is 9.48. The summed E-state index contributed by atoms with van der Waals surface area (Å²) >= 11 is 0. The molecule has 4 heteroatoms. The van der Waals surface area contributed by atoms with Crippen LogP contribution in [-0.4, -0.2) is 5.79 Å². The fraction of sp³-hybridized carbons (Fsp3) is 0.143. The van der Waals surface area contributed by atoms with E-state index in [1.807, 2.05) is 42.5 Å². The second kappa shape index (κ2) is 5.07. The Morgan fingerprint density at radius 1 is 1.00 bits per heavy atom. The first-order chi connectivity index (χ1) is 8.82. The maximum Gasteiger partial charge on any atom is 0.305 e. The van der Waals surface area contributed by atoms with E-state index in [2.05, 4.69) is 0 Å². The largest absolute Gasteiger partial charge is 0.376 e. The molecule has 1 aromatic rings. The number of ether oxygens (including phenoxy) is 2. The summed E-state index contributed by atoms with van der Waals surface area (Å²) in [6, 6.07) is 9.44. The zero-order chi connectivity index (χ0) is 12.8. The number of nitrogens with zero attached hydrogens (tertiary/aromatic N) is 2. The summed E-state index contributed by atoms with van der Waals surface area (Å²) in [5.74, 6) is -1.73. The standard InChI is InChI=1S/C14H10N2O2/c15-10-17-14(18-11-16)9-5-4-8-13(14)12-6-2-1-3-7-12/h1-9,13H. The lowest BCUT2D eigenvalue weighted by Crippen LogP contribution is -2.38. The minimum Gasteiger partial charge on any atom is -0.376 e. The van der Waals surface area contributed by atoms with Crippen molar-refractivity contribution in [2.75, 3.05) is 0 Å².